The Morgan fingerprint density at radius 1 is 1.30 bits per heavy atom. The van der Waals surface area contributed by atoms with E-state index in [4.69, 9.17) is 0 Å². The predicted octanol–water partition coefficient (Wildman–Crippen LogP) is 1.42. The molecule has 0 aromatic heterocycles. The predicted molar refractivity (Wildman–Crippen MR) is 79.2 cm³/mol. The summed E-state index contributed by atoms with van der Waals surface area (Å²) in [5.74, 6) is 1.27. The Kier molecular flexibility index (Phi) is 4.73. The van der Waals surface area contributed by atoms with Gasteiger partial charge in [-0.1, -0.05) is 19.1 Å². The fourth-order valence-corrected chi connectivity index (χ4v) is 4.10. The van der Waals surface area contributed by atoms with E-state index in [0.29, 0.717) is 11.8 Å². The van der Waals surface area contributed by atoms with Gasteiger partial charge in [0.15, 0.2) is 9.84 Å². The normalized spacial score (nSPS) is 27.2. The van der Waals surface area contributed by atoms with Crippen molar-refractivity contribution in [1.29, 1.82) is 0 Å². The van der Waals surface area contributed by atoms with Gasteiger partial charge in [0.2, 0.25) is 0 Å². The van der Waals surface area contributed by atoms with Crippen molar-refractivity contribution in [2.75, 3.05) is 24.6 Å². The van der Waals surface area contributed by atoms with Crippen LogP contribution >= 0.6 is 0 Å². The van der Waals surface area contributed by atoms with E-state index in [1.54, 1.807) is 13.8 Å². The molecule has 0 aromatic rings. The molecule has 0 aromatic carbocycles. The third-order valence-electron chi connectivity index (χ3n) is 4.22. The SMILES string of the molecule is CCS(=O)(=O)C[C@H](C)NC(=O)N1C[C@H]2CC=CC[C@H]2C1. The lowest BCUT2D eigenvalue weighted by molar-refractivity contribution is 0.204. The molecule has 5 nitrogen and oxygen atoms in total. The number of hydrogen-bond donors (Lipinski definition) is 1. The number of nitrogens with zero attached hydrogens (tertiary/aromatic N) is 1. The van der Waals surface area contributed by atoms with Gasteiger partial charge in [0, 0.05) is 24.9 Å². The number of nitrogens with one attached hydrogen (secondary N) is 1. The van der Waals surface area contributed by atoms with Crippen LogP contribution in [0.3, 0.4) is 0 Å². The number of amides is 2. The molecule has 0 spiro atoms. The monoisotopic (exact) mass is 300 g/mol. The van der Waals surface area contributed by atoms with Crippen LogP contribution in [0.5, 0.6) is 0 Å². The Morgan fingerprint density at radius 3 is 2.35 bits per heavy atom. The summed E-state index contributed by atoms with van der Waals surface area (Å²) in [6, 6.07) is -0.466. The molecule has 6 heteroatoms. The molecule has 1 N–H and O–H groups in total. The number of fused-ring (bicyclic) bond motifs is 1. The number of sulfone groups is 1. The zero-order valence-electron chi connectivity index (χ0n) is 12.2. The zero-order valence-corrected chi connectivity index (χ0v) is 13.0. The van der Waals surface area contributed by atoms with Crippen LogP contribution in [0.4, 0.5) is 4.79 Å². The van der Waals surface area contributed by atoms with E-state index in [1.807, 2.05) is 4.90 Å². The second kappa shape index (κ2) is 6.16. The zero-order chi connectivity index (χ0) is 14.8. The maximum absolute atomic E-state index is 12.2. The minimum absolute atomic E-state index is 0.0114. The van der Waals surface area contributed by atoms with Crippen molar-refractivity contribution in [1.82, 2.24) is 10.2 Å². The molecule has 1 saturated heterocycles. The Bertz CT molecular complexity index is 471. The lowest BCUT2D eigenvalue weighted by atomic mass is 9.86. The van der Waals surface area contributed by atoms with Crippen molar-refractivity contribution in [2.45, 2.75) is 32.7 Å². The van der Waals surface area contributed by atoms with Crippen LogP contribution in [0.25, 0.3) is 0 Å². The van der Waals surface area contributed by atoms with Gasteiger partial charge in [-0.25, -0.2) is 13.2 Å². The van der Waals surface area contributed by atoms with Crippen molar-refractivity contribution >= 4 is 15.9 Å². The summed E-state index contributed by atoms with van der Waals surface area (Å²) >= 11 is 0. The summed E-state index contributed by atoms with van der Waals surface area (Å²) < 4.78 is 23.1. The van der Waals surface area contributed by atoms with Crippen LogP contribution in [0.15, 0.2) is 12.2 Å². The average Bonchev–Trinajstić information content (AvgIpc) is 2.81. The highest BCUT2D eigenvalue weighted by Gasteiger charge is 2.35. The minimum atomic E-state index is -3.05. The molecule has 1 aliphatic heterocycles. The maximum Gasteiger partial charge on any atom is 0.317 e. The van der Waals surface area contributed by atoms with E-state index in [9.17, 15) is 13.2 Å². The molecule has 1 fully saturated rings. The number of likely N-dealkylation sites (tertiary alicyclic amines) is 1. The molecular weight excluding hydrogens is 276 g/mol. The molecule has 2 aliphatic rings. The number of rotatable bonds is 4. The summed E-state index contributed by atoms with van der Waals surface area (Å²) in [4.78, 5) is 14.0. The molecule has 0 unspecified atom stereocenters. The van der Waals surface area contributed by atoms with Crippen LogP contribution in [0, 0.1) is 11.8 Å². The summed E-state index contributed by atoms with van der Waals surface area (Å²) in [6.45, 7) is 4.94. The highest BCUT2D eigenvalue weighted by Crippen LogP contribution is 2.32. The van der Waals surface area contributed by atoms with E-state index in [1.165, 1.54) is 0 Å². The first kappa shape index (κ1) is 15.4. The second-order valence-electron chi connectivity index (χ2n) is 5.92. The first-order valence-electron chi connectivity index (χ1n) is 7.32. The largest absolute Gasteiger partial charge is 0.335 e. The number of carbonyl (C=O) groups is 1. The van der Waals surface area contributed by atoms with Crippen LogP contribution in [0.1, 0.15) is 26.7 Å². The van der Waals surface area contributed by atoms with Crippen LogP contribution < -0.4 is 5.32 Å². The lowest BCUT2D eigenvalue weighted by Crippen LogP contribution is -2.45. The molecule has 1 aliphatic carbocycles. The Labute approximate surface area is 121 Å². The van der Waals surface area contributed by atoms with Crippen molar-refractivity contribution in [3.8, 4) is 0 Å². The van der Waals surface area contributed by atoms with Crippen LogP contribution in [0.2, 0.25) is 0 Å². The van der Waals surface area contributed by atoms with Crippen molar-refractivity contribution in [3.63, 3.8) is 0 Å². The van der Waals surface area contributed by atoms with Gasteiger partial charge in [-0.05, 0) is 31.6 Å². The van der Waals surface area contributed by atoms with Crippen molar-refractivity contribution < 1.29 is 13.2 Å². The highest BCUT2D eigenvalue weighted by molar-refractivity contribution is 7.91. The van der Waals surface area contributed by atoms with Gasteiger partial charge >= 0.3 is 6.03 Å². The number of hydrogen-bond acceptors (Lipinski definition) is 3. The molecule has 0 saturated carbocycles. The maximum atomic E-state index is 12.2. The quantitative estimate of drug-likeness (QED) is 0.798. The van der Waals surface area contributed by atoms with E-state index in [2.05, 4.69) is 17.5 Å². The molecule has 2 amide bonds. The van der Waals surface area contributed by atoms with Gasteiger partial charge in [0.1, 0.15) is 0 Å². The molecule has 2 rings (SSSR count). The fraction of sp³-hybridized carbons (Fsp3) is 0.786. The van der Waals surface area contributed by atoms with Crippen LogP contribution in [-0.2, 0) is 9.84 Å². The van der Waals surface area contributed by atoms with Crippen molar-refractivity contribution in [3.05, 3.63) is 12.2 Å². The first-order valence-corrected chi connectivity index (χ1v) is 9.14. The minimum Gasteiger partial charge on any atom is -0.335 e. The first-order chi connectivity index (χ1) is 9.41. The van der Waals surface area contributed by atoms with Gasteiger partial charge in [0.25, 0.3) is 0 Å². The van der Waals surface area contributed by atoms with Gasteiger partial charge in [-0.2, -0.15) is 0 Å². The number of allylic oxidation sites excluding steroid dienone is 2. The van der Waals surface area contributed by atoms with E-state index >= 15 is 0 Å². The third-order valence-corrected chi connectivity index (χ3v) is 6.11. The molecule has 0 radical (unpaired) electrons. The Balaban J connectivity index is 1.84. The Hall–Kier alpha value is -1.04. The second-order valence-corrected chi connectivity index (χ2v) is 8.32. The molecular formula is C14H24N2O3S. The number of urea groups is 1. The van der Waals surface area contributed by atoms with Gasteiger partial charge in [0.05, 0.1) is 5.75 Å². The standard InChI is InChI=1S/C14H24N2O3S/c1-3-20(18,19)10-11(2)15-14(17)16-8-12-6-4-5-7-13(12)9-16/h4-5,11-13H,3,6-10H2,1-2H3,(H,15,17)/t11-,12-,13+/m0/s1. The van der Waals surface area contributed by atoms with E-state index in [-0.39, 0.29) is 23.6 Å². The smallest absolute Gasteiger partial charge is 0.317 e. The number of carbonyl (C=O) groups excluding carboxylic acids is 1. The summed E-state index contributed by atoms with van der Waals surface area (Å²) in [6.07, 6.45) is 6.49. The Morgan fingerprint density at radius 2 is 1.85 bits per heavy atom. The molecule has 0 bridgehead atoms. The van der Waals surface area contributed by atoms with E-state index in [0.717, 1.165) is 25.9 Å². The van der Waals surface area contributed by atoms with Crippen LogP contribution in [-0.4, -0.2) is 50.0 Å². The molecule has 3 atom stereocenters. The van der Waals surface area contributed by atoms with Gasteiger partial charge in [-0.3, -0.25) is 0 Å². The fourth-order valence-electron chi connectivity index (χ4n) is 3.02. The van der Waals surface area contributed by atoms with Crippen molar-refractivity contribution in [2.24, 2.45) is 11.8 Å². The lowest BCUT2D eigenvalue weighted by Gasteiger charge is -2.20. The summed E-state index contributed by atoms with van der Waals surface area (Å²) in [5.41, 5.74) is 0. The van der Waals surface area contributed by atoms with Gasteiger partial charge < -0.3 is 10.2 Å². The van der Waals surface area contributed by atoms with E-state index < -0.39 is 9.84 Å². The summed E-state index contributed by atoms with van der Waals surface area (Å²) in [5, 5.41) is 2.81. The molecule has 1 heterocycles. The molecule has 20 heavy (non-hydrogen) atoms. The highest BCUT2D eigenvalue weighted by atomic mass is 32.2. The third kappa shape index (κ3) is 3.75. The topological polar surface area (TPSA) is 66.5 Å². The summed E-state index contributed by atoms with van der Waals surface area (Å²) in [7, 11) is -3.05. The van der Waals surface area contributed by atoms with Gasteiger partial charge in [-0.15, -0.1) is 0 Å². The average molecular weight is 300 g/mol. The molecule has 114 valence electrons.